The average molecular weight is 166 g/mol. The first kappa shape index (κ1) is 6.85. The van der Waals surface area contributed by atoms with Gasteiger partial charge >= 0.3 is 0 Å². The quantitative estimate of drug-likeness (QED) is 0.640. The molecule has 1 heterocycles. The van der Waals surface area contributed by atoms with E-state index in [-0.39, 0.29) is 0 Å². The first-order valence-corrected chi connectivity index (χ1v) is 4.52. The molecule has 0 aromatic carbocycles. The highest BCUT2D eigenvalue weighted by atomic mass is 32.1. The Bertz CT molecular complexity index is 301. The summed E-state index contributed by atoms with van der Waals surface area (Å²) in [5, 5.41) is 0.679. The van der Waals surface area contributed by atoms with Crippen molar-refractivity contribution in [1.29, 1.82) is 0 Å². The van der Waals surface area contributed by atoms with Crippen molar-refractivity contribution in [2.45, 2.75) is 19.3 Å². The lowest BCUT2D eigenvalue weighted by Gasteiger charge is -2.10. The Morgan fingerprint density at radius 2 is 2.27 bits per heavy atom. The van der Waals surface area contributed by atoms with E-state index in [1.54, 1.807) is 11.3 Å². The lowest BCUT2D eigenvalue weighted by molar-refractivity contribution is 0.808. The molecule has 0 saturated carbocycles. The number of nitrogens with two attached hydrogens (primary N) is 1. The highest BCUT2D eigenvalue weighted by Crippen LogP contribution is 2.34. The highest BCUT2D eigenvalue weighted by Gasteiger charge is 2.16. The molecule has 0 spiro atoms. The normalized spacial score (nSPS) is 16.5. The molecule has 1 aliphatic rings. The van der Waals surface area contributed by atoms with Crippen molar-refractivity contribution in [3.05, 3.63) is 17.2 Å². The van der Waals surface area contributed by atoms with Crippen LogP contribution in [0.25, 0.3) is 5.57 Å². The molecule has 1 aromatic heterocycles. The Kier molecular flexibility index (Phi) is 1.46. The molecule has 0 radical (unpaired) electrons. The number of hydrogen-bond acceptors (Lipinski definition) is 3. The van der Waals surface area contributed by atoms with Gasteiger partial charge in [0.05, 0.1) is 10.6 Å². The van der Waals surface area contributed by atoms with Crippen LogP contribution in [0.5, 0.6) is 0 Å². The predicted octanol–water partition coefficient (Wildman–Crippen LogP) is 2.07. The summed E-state index contributed by atoms with van der Waals surface area (Å²) in [6, 6.07) is 0. The molecule has 0 bridgehead atoms. The van der Waals surface area contributed by atoms with Crippen LogP contribution in [0.15, 0.2) is 6.58 Å². The Hall–Kier alpha value is -0.830. The molecule has 0 atom stereocenters. The summed E-state index contributed by atoms with van der Waals surface area (Å²) in [6.45, 7) is 3.98. The van der Waals surface area contributed by atoms with Crippen molar-refractivity contribution >= 4 is 22.0 Å². The van der Waals surface area contributed by atoms with Crippen molar-refractivity contribution in [2.24, 2.45) is 0 Å². The second kappa shape index (κ2) is 2.34. The number of rotatable bonds is 0. The number of hydrogen-bond donors (Lipinski definition) is 1. The molecule has 0 unspecified atom stereocenters. The van der Waals surface area contributed by atoms with Crippen LogP contribution in [-0.2, 0) is 6.42 Å². The number of thiazole rings is 1. The van der Waals surface area contributed by atoms with E-state index in [1.807, 2.05) is 0 Å². The second-order valence-electron chi connectivity index (χ2n) is 2.79. The lowest BCUT2D eigenvalue weighted by atomic mass is 9.99. The summed E-state index contributed by atoms with van der Waals surface area (Å²) < 4.78 is 0. The highest BCUT2D eigenvalue weighted by molar-refractivity contribution is 7.16. The summed E-state index contributed by atoms with van der Waals surface area (Å²) in [5.41, 5.74) is 7.95. The van der Waals surface area contributed by atoms with Gasteiger partial charge in [0.2, 0.25) is 0 Å². The molecule has 1 aromatic rings. The van der Waals surface area contributed by atoms with Crippen LogP contribution in [0.4, 0.5) is 5.13 Å². The van der Waals surface area contributed by atoms with Gasteiger partial charge in [-0.2, -0.15) is 0 Å². The third-order valence-corrected chi connectivity index (χ3v) is 2.96. The Balaban J connectivity index is 2.52. The van der Waals surface area contributed by atoms with Crippen LogP contribution in [0.1, 0.15) is 23.4 Å². The van der Waals surface area contributed by atoms with E-state index in [1.165, 1.54) is 16.9 Å². The van der Waals surface area contributed by atoms with Gasteiger partial charge in [-0.15, -0.1) is 0 Å². The van der Waals surface area contributed by atoms with Crippen molar-refractivity contribution < 1.29 is 0 Å². The van der Waals surface area contributed by atoms with Crippen molar-refractivity contribution in [2.75, 3.05) is 5.73 Å². The Morgan fingerprint density at radius 3 is 3.00 bits per heavy atom. The second-order valence-corrected chi connectivity index (χ2v) is 3.82. The number of nitrogens with zero attached hydrogens (tertiary/aromatic N) is 1. The van der Waals surface area contributed by atoms with Gasteiger partial charge in [0.15, 0.2) is 5.13 Å². The van der Waals surface area contributed by atoms with Crippen molar-refractivity contribution in [1.82, 2.24) is 4.98 Å². The van der Waals surface area contributed by atoms with Gasteiger partial charge in [-0.1, -0.05) is 17.9 Å². The van der Waals surface area contributed by atoms with Gasteiger partial charge < -0.3 is 5.73 Å². The number of anilines is 1. The molecule has 0 aliphatic heterocycles. The zero-order chi connectivity index (χ0) is 7.84. The topological polar surface area (TPSA) is 38.9 Å². The molecule has 3 heteroatoms. The molecule has 0 fully saturated rings. The van der Waals surface area contributed by atoms with Gasteiger partial charge in [-0.25, -0.2) is 4.98 Å². The van der Waals surface area contributed by atoms with Crippen LogP contribution in [0, 0.1) is 0 Å². The maximum absolute atomic E-state index is 5.59. The van der Waals surface area contributed by atoms with Gasteiger partial charge in [0.25, 0.3) is 0 Å². The zero-order valence-electron chi connectivity index (χ0n) is 6.26. The molecule has 0 saturated heterocycles. The molecular formula is C8H10N2S. The lowest BCUT2D eigenvalue weighted by Crippen LogP contribution is -1.97. The molecule has 1 aliphatic carbocycles. The van der Waals surface area contributed by atoms with E-state index in [9.17, 15) is 0 Å². The molecule has 0 amide bonds. The zero-order valence-corrected chi connectivity index (χ0v) is 7.08. The molecule has 2 N–H and O–H groups in total. The molecule has 11 heavy (non-hydrogen) atoms. The van der Waals surface area contributed by atoms with Gasteiger partial charge in [0.1, 0.15) is 0 Å². The van der Waals surface area contributed by atoms with Crippen LogP contribution in [0.3, 0.4) is 0 Å². The van der Waals surface area contributed by atoms with Crippen LogP contribution >= 0.6 is 11.3 Å². The van der Waals surface area contributed by atoms with Crippen LogP contribution < -0.4 is 5.73 Å². The molecule has 2 nitrogen and oxygen atoms in total. The van der Waals surface area contributed by atoms with E-state index in [4.69, 9.17) is 5.73 Å². The first-order chi connectivity index (χ1) is 5.27. The van der Waals surface area contributed by atoms with Crippen LogP contribution in [0.2, 0.25) is 0 Å². The van der Waals surface area contributed by atoms with E-state index in [0.29, 0.717) is 5.13 Å². The Morgan fingerprint density at radius 1 is 1.45 bits per heavy atom. The van der Waals surface area contributed by atoms with Crippen molar-refractivity contribution in [3.63, 3.8) is 0 Å². The summed E-state index contributed by atoms with van der Waals surface area (Å²) in [7, 11) is 0. The Labute approximate surface area is 69.8 Å². The fourth-order valence-electron chi connectivity index (χ4n) is 1.40. The van der Waals surface area contributed by atoms with Gasteiger partial charge in [0, 0.05) is 0 Å². The number of nitrogen functional groups attached to an aromatic ring is 1. The number of allylic oxidation sites excluding steroid dienone is 1. The molecule has 2 rings (SSSR count). The maximum atomic E-state index is 5.59. The summed E-state index contributed by atoms with van der Waals surface area (Å²) in [6.07, 6.45) is 3.35. The predicted molar refractivity (Wildman–Crippen MR) is 48.5 cm³/mol. The van der Waals surface area contributed by atoms with Gasteiger partial charge in [-0.3, -0.25) is 0 Å². The SMILES string of the molecule is C=C1CCCc2nc(N)sc21. The fourth-order valence-corrected chi connectivity index (χ4v) is 2.28. The monoisotopic (exact) mass is 166 g/mol. The van der Waals surface area contributed by atoms with E-state index in [0.717, 1.165) is 18.5 Å². The largest absolute Gasteiger partial charge is 0.375 e. The van der Waals surface area contributed by atoms with Gasteiger partial charge in [-0.05, 0) is 24.8 Å². The number of aromatic nitrogens is 1. The smallest absolute Gasteiger partial charge is 0.180 e. The minimum atomic E-state index is 0.679. The van der Waals surface area contributed by atoms with E-state index in [2.05, 4.69) is 11.6 Å². The minimum Gasteiger partial charge on any atom is -0.375 e. The number of aryl methyl sites for hydroxylation is 1. The number of fused-ring (bicyclic) bond motifs is 1. The summed E-state index contributed by atoms with van der Waals surface area (Å²) in [4.78, 5) is 5.47. The summed E-state index contributed by atoms with van der Waals surface area (Å²) >= 11 is 1.57. The third-order valence-electron chi connectivity index (χ3n) is 1.93. The third kappa shape index (κ3) is 1.05. The first-order valence-electron chi connectivity index (χ1n) is 3.70. The maximum Gasteiger partial charge on any atom is 0.180 e. The average Bonchev–Trinajstić information content (AvgIpc) is 2.31. The fraction of sp³-hybridized carbons (Fsp3) is 0.375. The standard InChI is InChI=1S/C8H10N2S/c1-5-3-2-4-6-7(5)11-8(9)10-6/h1-4H2,(H2,9,10). The van der Waals surface area contributed by atoms with Crippen molar-refractivity contribution in [3.8, 4) is 0 Å². The summed E-state index contributed by atoms with van der Waals surface area (Å²) in [5.74, 6) is 0. The van der Waals surface area contributed by atoms with E-state index >= 15 is 0 Å². The molecule has 58 valence electrons. The van der Waals surface area contributed by atoms with Crippen LogP contribution in [-0.4, -0.2) is 4.98 Å². The molecular weight excluding hydrogens is 156 g/mol. The minimum absolute atomic E-state index is 0.679. The van der Waals surface area contributed by atoms with E-state index < -0.39 is 0 Å².